The summed E-state index contributed by atoms with van der Waals surface area (Å²) in [5.41, 5.74) is 3.59. The molecule has 1 amide bonds. The van der Waals surface area contributed by atoms with E-state index in [4.69, 9.17) is 0 Å². The van der Waals surface area contributed by atoms with Gasteiger partial charge in [-0.05, 0) is 80.4 Å². The van der Waals surface area contributed by atoms with Gasteiger partial charge in [-0.2, -0.15) is 5.10 Å². The Morgan fingerprint density at radius 2 is 1.56 bits per heavy atom. The van der Waals surface area contributed by atoms with Crippen LogP contribution in [0.4, 0.5) is 13.2 Å². The minimum Gasteiger partial charge on any atom is -0.406 e. The van der Waals surface area contributed by atoms with Crippen LogP contribution in [0.1, 0.15) is 31.3 Å². The van der Waals surface area contributed by atoms with E-state index >= 15 is 0 Å². The van der Waals surface area contributed by atoms with Gasteiger partial charge in [0.2, 0.25) is 0 Å². The van der Waals surface area contributed by atoms with Crippen LogP contribution in [0.15, 0.2) is 83.9 Å². The topological polar surface area (TPSA) is 121 Å². The minimum absolute atomic E-state index is 0.148. The summed E-state index contributed by atoms with van der Waals surface area (Å²) in [7, 11) is -1.78. The lowest BCUT2D eigenvalue weighted by atomic mass is 10.00. The second-order valence-electron chi connectivity index (χ2n) is 11.4. The standard InChI is InChI=1S/C31H29F3N6O4S/c1-30(2,3)36-29(41)25-17-26(39(4)37-25)24-14-11-21(20-7-6-8-23(15-20)45(5,42)43)16-27(24)40-28(18-35-38-40)19-9-12-22(13-10-19)44-31(32,33)34/h6-18H,1-5H3,(H,36,41). The summed E-state index contributed by atoms with van der Waals surface area (Å²) in [5, 5.41) is 15.7. The van der Waals surface area contributed by atoms with E-state index in [1.54, 1.807) is 48.1 Å². The van der Waals surface area contributed by atoms with E-state index in [0.717, 1.165) is 6.26 Å². The van der Waals surface area contributed by atoms with Crippen LogP contribution in [0.3, 0.4) is 0 Å². The molecule has 0 atom stereocenters. The number of alkyl halides is 3. The second-order valence-corrected chi connectivity index (χ2v) is 13.4. The zero-order valence-corrected chi connectivity index (χ0v) is 25.7. The highest BCUT2D eigenvalue weighted by Crippen LogP contribution is 2.35. The molecule has 45 heavy (non-hydrogen) atoms. The molecule has 5 aromatic rings. The lowest BCUT2D eigenvalue weighted by Gasteiger charge is -2.19. The Kier molecular flexibility index (Phi) is 8.04. The molecule has 10 nitrogen and oxygen atoms in total. The van der Waals surface area contributed by atoms with Crippen molar-refractivity contribution < 1.29 is 31.1 Å². The summed E-state index contributed by atoms with van der Waals surface area (Å²) in [6.45, 7) is 5.58. The molecule has 5 rings (SSSR count). The number of sulfone groups is 1. The average molecular weight is 639 g/mol. The first kappa shape index (κ1) is 31.4. The van der Waals surface area contributed by atoms with Crippen LogP contribution in [0.5, 0.6) is 5.75 Å². The summed E-state index contributed by atoms with van der Waals surface area (Å²) >= 11 is 0. The number of hydrogen-bond acceptors (Lipinski definition) is 7. The number of halogens is 3. The quantitative estimate of drug-likeness (QED) is 0.238. The molecule has 2 aromatic heterocycles. The smallest absolute Gasteiger partial charge is 0.406 e. The van der Waals surface area contributed by atoms with Crippen molar-refractivity contribution in [2.45, 2.75) is 37.6 Å². The first-order chi connectivity index (χ1) is 21.0. The van der Waals surface area contributed by atoms with Crippen LogP contribution in [0.25, 0.3) is 39.3 Å². The fourth-order valence-corrected chi connectivity index (χ4v) is 5.35. The van der Waals surface area contributed by atoms with Crippen LogP contribution in [-0.2, 0) is 16.9 Å². The summed E-state index contributed by atoms with van der Waals surface area (Å²) in [6, 6.07) is 18.8. The van der Waals surface area contributed by atoms with E-state index in [1.165, 1.54) is 41.2 Å². The van der Waals surface area contributed by atoms with E-state index in [1.807, 2.05) is 26.8 Å². The lowest BCUT2D eigenvalue weighted by molar-refractivity contribution is -0.274. The number of aromatic nitrogens is 5. The van der Waals surface area contributed by atoms with E-state index in [9.17, 15) is 26.4 Å². The van der Waals surface area contributed by atoms with Crippen molar-refractivity contribution in [2.24, 2.45) is 7.05 Å². The van der Waals surface area contributed by atoms with Gasteiger partial charge in [0.05, 0.1) is 28.2 Å². The number of amides is 1. The van der Waals surface area contributed by atoms with Gasteiger partial charge < -0.3 is 10.1 Å². The van der Waals surface area contributed by atoms with E-state index < -0.39 is 21.7 Å². The SMILES string of the molecule is Cn1nc(C(=O)NC(C)(C)C)cc1-c1ccc(-c2cccc(S(C)(=O)=O)c2)cc1-n1nncc1-c1ccc(OC(F)(F)F)cc1. The first-order valence-electron chi connectivity index (χ1n) is 13.6. The second kappa shape index (κ2) is 11.5. The molecule has 0 aliphatic heterocycles. The molecule has 0 spiro atoms. The number of nitrogens with one attached hydrogen (secondary N) is 1. The predicted octanol–water partition coefficient (Wildman–Crippen LogP) is 5.83. The Morgan fingerprint density at radius 1 is 0.889 bits per heavy atom. The zero-order valence-electron chi connectivity index (χ0n) is 24.9. The maximum atomic E-state index is 12.9. The van der Waals surface area contributed by atoms with Crippen molar-refractivity contribution in [2.75, 3.05) is 6.26 Å². The van der Waals surface area contributed by atoms with Crippen molar-refractivity contribution in [3.05, 3.63) is 84.7 Å². The zero-order chi connectivity index (χ0) is 32.7. The molecule has 2 heterocycles. The van der Waals surface area contributed by atoms with Crippen LogP contribution in [0.2, 0.25) is 0 Å². The van der Waals surface area contributed by atoms with Crippen LogP contribution in [-0.4, -0.2) is 57.3 Å². The Hall–Kier alpha value is -4.98. The maximum absolute atomic E-state index is 12.9. The van der Waals surface area contributed by atoms with Gasteiger partial charge in [-0.1, -0.05) is 29.5 Å². The molecule has 234 valence electrons. The number of nitrogens with zero attached hydrogens (tertiary/aromatic N) is 5. The molecule has 0 aliphatic carbocycles. The summed E-state index contributed by atoms with van der Waals surface area (Å²) < 4.78 is 69.8. The molecular weight excluding hydrogens is 609 g/mol. The lowest BCUT2D eigenvalue weighted by Crippen LogP contribution is -2.40. The number of carbonyl (C=O) groups is 1. The molecule has 3 aromatic carbocycles. The summed E-state index contributed by atoms with van der Waals surface area (Å²) in [6.07, 6.45) is -2.24. The molecular formula is C31H29F3N6O4S. The average Bonchev–Trinajstić information content (AvgIpc) is 3.58. The number of ether oxygens (including phenoxy) is 1. The van der Waals surface area contributed by atoms with Gasteiger partial charge in [0.25, 0.3) is 5.91 Å². The summed E-state index contributed by atoms with van der Waals surface area (Å²) in [5.74, 6) is -0.739. The van der Waals surface area contributed by atoms with Gasteiger partial charge in [0.15, 0.2) is 15.5 Å². The Bertz CT molecular complexity index is 1990. The third-order valence-corrected chi connectivity index (χ3v) is 7.74. The Morgan fingerprint density at radius 3 is 2.20 bits per heavy atom. The third kappa shape index (κ3) is 7.23. The summed E-state index contributed by atoms with van der Waals surface area (Å²) in [4.78, 5) is 13.1. The van der Waals surface area contributed by atoms with Gasteiger partial charge in [0, 0.05) is 30.0 Å². The highest BCUT2D eigenvalue weighted by atomic mass is 32.2. The fourth-order valence-electron chi connectivity index (χ4n) is 4.68. The number of aryl methyl sites for hydroxylation is 1. The van der Waals surface area contributed by atoms with E-state index in [0.29, 0.717) is 39.3 Å². The molecule has 14 heteroatoms. The van der Waals surface area contributed by atoms with Crippen molar-refractivity contribution in [3.8, 4) is 45.1 Å². The van der Waals surface area contributed by atoms with Crippen molar-refractivity contribution in [1.82, 2.24) is 30.1 Å². The molecule has 0 aliphatic rings. The monoisotopic (exact) mass is 638 g/mol. The number of carbonyl (C=O) groups excluding carboxylic acids is 1. The van der Waals surface area contributed by atoms with Crippen LogP contribution < -0.4 is 10.1 Å². The van der Waals surface area contributed by atoms with E-state index in [-0.39, 0.29) is 22.2 Å². The van der Waals surface area contributed by atoms with Crippen molar-refractivity contribution in [3.63, 3.8) is 0 Å². The van der Waals surface area contributed by atoms with Crippen LogP contribution >= 0.6 is 0 Å². The van der Waals surface area contributed by atoms with E-state index in [2.05, 4.69) is 25.5 Å². The highest BCUT2D eigenvalue weighted by molar-refractivity contribution is 7.90. The molecule has 0 radical (unpaired) electrons. The molecule has 0 bridgehead atoms. The largest absolute Gasteiger partial charge is 0.573 e. The van der Waals surface area contributed by atoms with Gasteiger partial charge >= 0.3 is 6.36 Å². The molecule has 0 unspecified atom stereocenters. The molecule has 0 saturated carbocycles. The number of benzene rings is 3. The number of rotatable bonds is 7. The van der Waals surface area contributed by atoms with Gasteiger partial charge in [-0.15, -0.1) is 18.3 Å². The molecule has 0 saturated heterocycles. The third-order valence-electron chi connectivity index (χ3n) is 6.63. The number of hydrogen-bond donors (Lipinski definition) is 1. The van der Waals surface area contributed by atoms with Crippen molar-refractivity contribution >= 4 is 15.7 Å². The Balaban J connectivity index is 1.66. The van der Waals surface area contributed by atoms with Gasteiger partial charge in [-0.25, -0.2) is 13.1 Å². The first-order valence-corrected chi connectivity index (χ1v) is 15.5. The maximum Gasteiger partial charge on any atom is 0.573 e. The Labute approximate surface area is 257 Å². The van der Waals surface area contributed by atoms with Crippen molar-refractivity contribution in [1.29, 1.82) is 0 Å². The van der Waals surface area contributed by atoms with Gasteiger partial charge in [-0.3, -0.25) is 9.48 Å². The molecule has 0 fully saturated rings. The minimum atomic E-state index is -4.83. The highest BCUT2D eigenvalue weighted by Gasteiger charge is 2.31. The van der Waals surface area contributed by atoms with Crippen LogP contribution in [0, 0.1) is 0 Å². The molecule has 1 N–H and O–H groups in total. The fraction of sp³-hybridized carbons (Fsp3) is 0.226. The predicted molar refractivity (Wildman–Crippen MR) is 161 cm³/mol. The van der Waals surface area contributed by atoms with Gasteiger partial charge in [0.1, 0.15) is 5.75 Å². The normalized spacial score (nSPS) is 12.3.